The lowest BCUT2D eigenvalue weighted by Gasteiger charge is -2.04. The van der Waals surface area contributed by atoms with E-state index >= 15 is 0 Å². The van der Waals surface area contributed by atoms with Gasteiger partial charge in [0, 0.05) is 16.8 Å². The first-order chi connectivity index (χ1) is 14.4. The van der Waals surface area contributed by atoms with E-state index in [1.807, 2.05) is 6.07 Å². The molecule has 0 atom stereocenters. The number of anilines is 1. The smallest absolute Gasteiger partial charge is 0.284 e. The van der Waals surface area contributed by atoms with E-state index in [9.17, 15) is 20.2 Å². The molecule has 9 heteroatoms. The summed E-state index contributed by atoms with van der Waals surface area (Å²) in [6.07, 6.45) is 1.25. The molecule has 0 saturated carbocycles. The minimum Gasteiger partial charge on any atom is -0.497 e. The fraction of sp³-hybridized carbons (Fsp3) is 0.0476. The number of nitro benzene ring substituents is 1. The highest BCUT2D eigenvalue weighted by Crippen LogP contribution is 2.34. The summed E-state index contributed by atoms with van der Waals surface area (Å²) in [5, 5.41) is 23.7. The summed E-state index contributed by atoms with van der Waals surface area (Å²) in [5.41, 5.74) is 0.267. The first kappa shape index (κ1) is 20.6. The second-order valence-electron chi connectivity index (χ2n) is 5.98. The summed E-state index contributed by atoms with van der Waals surface area (Å²) in [7, 11) is 1.41. The number of furan rings is 1. The van der Waals surface area contributed by atoms with Crippen LogP contribution < -0.4 is 10.1 Å². The van der Waals surface area contributed by atoms with Crippen molar-refractivity contribution in [1.82, 2.24) is 0 Å². The second kappa shape index (κ2) is 8.94. The summed E-state index contributed by atoms with van der Waals surface area (Å²) >= 11 is 5.88. The summed E-state index contributed by atoms with van der Waals surface area (Å²) in [6, 6.07) is 15.7. The number of carbonyl (C=O) groups is 1. The Balaban J connectivity index is 1.88. The molecule has 1 heterocycles. The lowest BCUT2D eigenvalue weighted by atomic mass is 10.1. The zero-order chi connectivity index (χ0) is 21.7. The lowest BCUT2D eigenvalue weighted by molar-refractivity contribution is -0.384. The number of carbonyl (C=O) groups excluding carboxylic acids is 1. The maximum absolute atomic E-state index is 12.4. The van der Waals surface area contributed by atoms with Gasteiger partial charge in [0.05, 0.1) is 23.7 Å². The van der Waals surface area contributed by atoms with Gasteiger partial charge in [-0.15, -0.1) is 0 Å². The van der Waals surface area contributed by atoms with Crippen molar-refractivity contribution in [2.45, 2.75) is 0 Å². The summed E-state index contributed by atoms with van der Waals surface area (Å²) in [5.74, 6) is 0.0887. The number of benzene rings is 2. The van der Waals surface area contributed by atoms with Crippen molar-refractivity contribution in [3.8, 4) is 23.1 Å². The summed E-state index contributed by atoms with van der Waals surface area (Å²) in [4.78, 5) is 23.2. The van der Waals surface area contributed by atoms with Crippen LogP contribution in [0, 0.1) is 21.4 Å². The molecule has 0 fully saturated rings. The highest BCUT2D eigenvalue weighted by molar-refractivity contribution is 6.31. The van der Waals surface area contributed by atoms with Gasteiger partial charge in [0.2, 0.25) is 0 Å². The van der Waals surface area contributed by atoms with Gasteiger partial charge >= 0.3 is 0 Å². The molecule has 1 N–H and O–H groups in total. The maximum Gasteiger partial charge on any atom is 0.284 e. The minimum absolute atomic E-state index is 0.188. The molecule has 2 aromatic carbocycles. The highest BCUT2D eigenvalue weighted by atomic mass is 35.5. The number of hydrogen-bond acceptors (Lipinski definition) is 6. The Morgan fingerprint density at radius 3 is 2.73 bits per heavy atom. The third-order valence-electron chi connectivity index (χ3n) is 4.03. The van der Waals surface area contributed by atoms with Crippen molar-refractivity contribution in [3.63, 3.8) is 0 Å². The van der Waals surface area contributed by atoms with Crippen LogP contribution in [0.3, 0.4) is 0 Å². The summed E-state index contributed by atoms with van der Waals surface area (Å²) < 4.78 is 10.6. The van der Waals surface area contributed by atoms with Crippen LogP contribution in [-0.2, 0) is 4.79 Å². The van der Waals surface area contributed by atoms with Crippen LogP contribution in [0.25, 0.3) is 17.4 Å². The fourth-order valence-corrected chi connectivity index (χ4v) is 2.82. The molecule has 0 bridgehead atoms. The zero-order valence-corrected chi connectivity index (χ0v) is 16.3. The van der Waals surface area contributed by atoms with E-state index in [1.54, 1.807) is 30.3 Å². The van der Waals surface area contributed by atoms with Crippen molar-refractivity contribution in [3.05, 3.63) is 81.1 Å². The van der Waals surface area contributed by atoms with Gasteiger partial charge in [-0.05, 0) is 42.5 Å². The van der Waals surface area contributed by atoms with E-state index < -0.39 is 10.8 Å². The Morgan fingerprint density at radius 2 is 2.07 bits per heavy atom. The first-order valence-electron chi connectivity index (χ1n) is 8.52. The van der Waals surface area contributed by atoms with Gasteiger partial charge in [0.1, 0.15) is 28.9 Å². The molecule has 0 aliphatic heterocycles. The largest absolute Gasteiger partial charge is 0.497 e. The van der Waals surface area contributed by atoms with Gasteiger partial charge in [0.15, 0.2) is 0 Å². The minimum atomic E-state index is -0.645. The Kier molecular flexibility index (Phi) is 6.15. The van der Waals surface area contributed by atoms with Gasteiger partial charge in [-0.1, -0.05) is 17.7 Å². The molecule has 30 heavy (non-hydrogen) atoms. The Bertz CT molecular complexity index is 1190. The number of nitrogens with zero attached hydrogens (tertiary/aromatic N) is 2. The number of hydrogen-bond donors (Lipinski definition) is 1. The van der Waals surface area contributed by atoms with Crippen molar-refractivity contribution in [2.24, 2.45) is 0 Å². The molecule has 0 aliphatic rings. The number of amides is 1. The number of ether oxygens (including phenoxy) is 1. The fourth-order valence-electron chi connectivity index (χ4n) is 2.63. The molecule has 3 rings (SSSR count). The average Bonchev–Trinajstić information content (AvgIpc) is 3.19. The van der Waals surface area contributed by atoms with Crippen LogP contribution >= 0.6 is 11.6 Å². The van der Waals surface area contributed by atoms with Crippen LogP contribution in [-0.4, -0.2) is 17.9 Å². The quantitative estimate of drug-likeness (QED) is 0.256. The van der Waals surface area contributed by atoms with E-state index in [0.29, 0.717) is 16.5 Å². The van der Waals surface area contributed by atoms with Crippen molar-refractivity contribution >= 4 is 35.0 Å². The number of methoxy groups -OCH3 is 1. The molecule has 3 aromatic rings. The molecule has 150 valence electrons. The van der Waals surface area contributed by atoms with Crippen LogP contribution in [0.5, 0.6) is 5.75 Å². The van der Waals surface area contributed by atoms with Gasteiger partial charge < -0.3 is 14.5 Å². The van der Waals surface area contributed by atoms with Crippen LogP contribution in [0.15, 0.2) is 64.6 Å². The molecule has 0 unspecified atom stereocenters. The monoisotopic (exact) mass is 423 g/mol. The first-order valence-corrected chi connectivity index (χ1v) is 8.90. The number of nitro groups is 1. The van der Waals surface area contributed by atoms with Gasteiger partial charge in [-0.25, -0.2) is 0 Å². The molecule has 8 nitrogen and oxygen atoms in total. The number of halogens is 1. The normalized spacial score (nSPS) is 10.9. The van der Waals surface area contributed by atoms with Crippen LogP contribution in [0.2, 0.25) is 5.02 Å². The SMILES string of the molecule is COc1ccc(-c2ccc(/C=C(\C#N)C(=O)Nc3cccc(Cl)c3)o2)c([N+](=O)[O-])c1. The average molecular weight is 424 g/mol. The van der Waals surface area contributed by atoms with Gasteiger partial charge in [0.25, 0.3) is 11.6 Å². The van der Waals surface area contributed by atoms with Crippen LogP contribution in [0.4, 0.5) is 11.4 Å². The molecular formula is C21H14ClN3O5. The Hall–Kier alpha value is -4.09. The van der Waals surface area contributed by atoms with Crippen molar-refractivity contribution in [2.75, 3.05) is 12.4 Å². The number of nitriles is 1. The van der Waals surface area contributed by atoms with E-state index in [4.69, 9.17) is 20.8 Å². The Morgan fingerprint density at radius 1 is 1.27 bits per heavy atom. The lowest BCUT2D eigenvalue weighted by Crippen LogP contribution is -2.13. The molecule has 0 spiro atoms. The van der Waals surface area contributed by atoms with Gasteiger partial charge in [-0.3, -0.25) is 14.9 Å². The van der Waals surface area contributed by atoms with Crippen molar-refractivity contribution in [1.29, 1.82) is 5.26 Å². The predicted molar refractivity (Wildman–Crippen MR) is 111 cm³/mol. The molecule has 0 aliphatic carbocycles. The predicted octanol–water partition coefficient (Wildman–Crippen LogP) is 5.06. The topological polar surface area (TPSA) is 118 Å². The second-order valence-corrected chi connectivity index (χ2v) is 6.41. The molecule has 0 radical (unpaired) electrons. The third-order valence-corrected chi connectivity index (χ3v) is 4.26. The maximum atomic E-state index is 12.4. The van der Waals surface area contributed by atoms with Gasteiger partial charge in [-0.2, -0.15) is 5.26 Å². The van der Waals surface area contributed by atoms with E-state index in [-0.39, 0.29) is 28.3 Å². The molecule has 1 aromatic heterocycles. The highest BCUT2D eigenvalue weighted by Gasteiger charge is 2.19. The molecule has 0 saturated heterocycles. The Labute approximate surface area is 176 Å². The molecule has 1 amide bonds. The third kappa shape index (κ3) is 4.66. The number of nitrogens with one attached hydrogen (secondary N) is 1. The van der Waals surface area contributed by atoms with Crippen molar-refractivity contribution < 1.29 is 18.9 Å². The van der Waals surface area contributed by atoms with E-state index in [0.717, 1.165) is 0 Å². The number of rotatable bonds is 6. The van der Waals surface area contributed by atoms with Crippen LogP contribution in [0.1, 0.15) is 5.76 Å². The van der Waals surface area contributed by atoms with E-state index in [1.165, 1.54) is 37.5 Å². The molecular weight excluding hydrogens is 410 g/mol. The summed E-state index contributed by atoms with van der Waals surface area (Å²) in [6.45, 7) is 0. The van der Waals surface area contributed by atoms with E-state index in [2.05, 4.69) is 5.32 Å². The standard InChI is InChI=1S/C21H14ClN3O5/c1-29-16-5-7-18(19(11-16)25(27)28)20-8-6-17(30-20)9-13(12-23)21(26)24-15-4-2-3-14(22)10-15/h2-11H,1H3,(H,24,26)/b13-9+. The zero-order valence-electron chi connectivity index (χ0n) is 15.6.